The van der Waals surface area contributed by atoms with Crippen LogP contribution in [0.5, 0.6) is 0 Å². The van der Waals surface area contributed by atoms with Crippen molar-refractivity contribution < 1.29 is 8.42 Å². The smallest absolute Gasteiger partial charge is 0.174 e. The minimum absolute atomic E-state index is 0.0874. The Bertz CT molecular complexity index is 833. The number of nitrogens with one attached hydrogen (secondary N) is 1. The van der Waals surface area contributed by atoms with E-state index in [1.165, 1.54) is 5.56 Å². The number of hydrogen-bond donors (Lipinski definition) is 1. The molecule has 0 aliphatic carbocycles. The number of anilines is 1. The first-order valence-corrected chi connectivity index (χ1v) is 10.5. The molecule has 0 unspecified atom stereocenters. The fourth-order valence-corrected chi connectivity index (χ4v) is 5.06. The summed E-state index contributed by atoms with van der Waals surface area (Å²) >= 11 is 5.62. The molecule has 2 aromatic rings. The van der Waals surface area contributed by atoms with Crippen LogP contribution in [0.3, 0.4) is 0 Å². The quantitative estimate of drug-likeness (QED) is 0.832. The van der Waals surface area contributed by atoms with Crippen LogP contribution in [-0.2, 0) is 16.4 Å². The Morgan fingerprint density at radius 3 is 2.44 bits per heavy atom. The van der Waals surface area contributed by atoms with Gasteiger partial charge in [0.05, 0.1) is 11.5 Å². The molecule has 1 aliphatic rings. The minimum atomic E-state index is -2.97. The van der Waals surface area contributed by atoms with Crippen LogP contribution in [0.25, 0.3) is 0 Å². The lowest BCUT2D eigenvalue weighted by molar-refractivity contribution is 0.332. The summed E-state index contributed by atoms with van der Waals surface area (Å²) in [4.78, 5) is 2.01. The zero-order valence-electron chi connectivity index (χ0n) is 14.2. The summed E-state index contributed by atoms with van der Waals surface area (Å²) in [7, 11) is -2.97. The fourth-order valence-electron chi connectivity index (χ4n) is 3.00. The van der Waals surface area contributed by atoms with E-state index in [9.17, 15) is 8.42 Å². The molecule has 4 nitrogen and oxygen atoms in total. The Balaban J connectivity index is 1.79. The molecule has 1 fully saturated rings. The van der Waals surface area contributed by atoms with E-state index in [0.29, 0.717) is 18.1 Å². The van der Waals surface area contributed by atoms with Crippen molar-refractivity contribution in [2.24, 2.45) is 0 Å². The highest BCUT2D eigenvalue weighted by Crippen LogP contribution is 2.22. The maximum absolute atomic E-state index is 11.9. The van der Waals surface area contributed by atoms with Crippen LogP contribution in [0.15, 0.2) is 54.6 Å². The predicted molar refractivity (Wildman–Crippen MR) is 106 cm³/mol. The number of aryl methyl sites for hydroxylation is 1. The first-order valence-electron chi connectivity index (χ1n) is 8.31. The second-order valence-corrected chi connectivity index (χ2v) is 9.08. The van der Waals surface area contributed by atoms with Crippen molar-refractivity contribution in [1.29, 1.82) is 0 Å². The lowest BCUT2D eigenvalue weighted by Crippen LogP contribution is -2.42. The Hall–Kier alpha value is -1.92. The second kappa shape index (κ2) is 7.54. The van der Waals surface area contributed by atoms with Gasteiger partial charge in [0, 0.05) is 18.3 Å². The summed E-state index contributed by atoms with van der Waals surface area (Å²) in [6.07, 6.45) is 0.616. The van der Waals surface area contributed by atoms with E-state index in [-0.39, 0.29) is 17.5 Å². The maximum atomic E-state index is 11.9. The van der Waals surface area contributed by atoms with Gasteiger partial charge in [-0.3, -0.25) is 0 Å². The number of thiocarbonyl (C=S) groups is 1. The third-order valence-corrected chi connectivity index (χ3v) is 6.50. The third kappa shape index (κ3) is 4.80. The summed E-state index contributed by atoms with van der Waals surface area (Å²) in [6, 6.07) is 17.9. The van der Waals surface area contributed by atoms with Gasteiger partial charge in [0.15, 0.2) is 14.9 Å². The van der Waals surface area contributed by atoms with Crippen LogP contribution in [0.4, 0.5) is 5.69 Å². The number of rotatable bonds is 4. The lowest BCUT2D eigenvalue weighted by atomic mass is 10.1. The molecule has 132 valence electrons. The van der Waals surface area contributed by atoms with Crippen LogP contribution in [-0.4, -0.2) is 36.0 Å². The summed E-state index contributed by atoms with van der Waals surface area (Å²) in [6.45, 7) is 2.63. The van der Waals surface area contributed by atoms with Crippen molar-refractivity contribution in [3.8, 4) is 0 Å². The first kappa shape index (κ1) is 17.9. The van der Waals surface area contributed by atoms with Crippen molar-refractivity contribution in [2.45, 2.75) is 25.9 Å². The minimum Gasteiger partial charge on any atom is -0.341 e. The molecule has 0 amide bonds. The molecule has 25 heavy (non-hydrogen) atoms. The molecule has 0 spiro atoms. The number of hydrogen-bond acceptors (Lipinski definition) is 3. The second-order valence-electron chi connectivity index (χ2n) is 6.47. The normalized spacial score (nSPS) is 18.7. The van der Waals surface area contributed by atoms with Gasteiger partial charge in [-0.1, -0.05) is 48.0 Å². The van der Waals surface area contributed by atoms with Gasteiger partial charge in [-0.05, 0) is 43.3 Å². The summed E-state index contributed by atoms with van der Waals surface area (Å²) < 4.78 is 23.9. The van der Waals surface area contributed by atoms with Gasteiger partial charge in [0.1, 0.15) is 0 Å². The van der Waals surface area contributed by atoms with Gasteiger partial charge in [0.25, 0.3) is 0 Å². The molecule has 1 aliphatic heterocycles. The average Bonchev–Trinajstić information content (AvgIpc) is 2.95. The van der Waals surface area contributed by atoms with Crippen molar-refractivity contribution in [1.82, 2.24) is 4.90 Å². The van der Waals surface area contributed by atoms with Crippen LogP contribution in [0.1, 0.15) is 17.5 Å². The average molecular weight is 375 g/mol. The van der Waals surface area contributed by atoms with E-state index in [1.54, 1.807) is 0 Å². The summed E-state index contributed by atoms with van der Waals surface area (Å²) in [5.74, 6) is 0.394. The number of benzene rings is 2. The summed E-state index contributed by atoms with van der Waals surface area (Å²) in [5, 5.41) is 3.82. The molecule has 1 N–H and O–H groups in total. The highest BCUT2D eigenvalue weighted by Gasteiger charge is 2.33. The molecule has 3 rings (SSSR count). The predicted octanol–water partition coefficient (Wildman–Crippen LogP) is 3.38. The van der Waals surface area contributed by atoms with E-state index in [2.05, 4.69) is 5.32 Å². The Labute approximate surface area is 154 Å². The molecule has 1 heterocycles. The van der Waals surface area contributed by atoms with E-state index in [4.69, 9.17) is 12.2 Å². The molecule has 6 heteroatoms. The van der Waals surface area contributed by atoms with E-state index in [1.807, 2.05) is 66.4 Å². The zero-order chi connectivity index (χ0) is 17.9. The van der Waals surface area contributed by atoms with Crippen molar-refractivity contribution in [3.63, 3.8) is 0 Å². The molecule has 0 radical (unpaired) electrons. The van der Waals surface area contributed by atoms with Gasteiger partial charge in [-0.2, -0.15) is 0 Å². The molecule has 0 saturated carbocycles. The lowest BCUT2D eigenvalue weighted by Gasteiger charge is -2.31. The fraction of sp³-hybridized carbons (Fsp3) is 0.316. The van der Waals surface area contributed by atoms with Gasteiger partial charge < -0.3 is 10.2 Å². The largest absolute Gasteiger partial charge is 0.341 e. The maximum Gasteiger partial charge on any atom is 0.174 e. The van der Waals surface area contributed by atoms with Crippen LogP contribution in [0, 0.1) is 6.92 Å². The van der Waals surface area contributed by atoms with Crippen LogP contribution in [0.2, 0.25) is 0 Å². The van der Waals surface area contributed by atoms with E-state index >= 15 is 0 Å². The highest BCUT2D eigenvalue weighted by molar-refractivity contribution is 7.91. The highest BCUT2D eigenvalue weighted by atomic mass is 32.2. The molecule has 1 atom stereocenters. The van der Waals surface area contributed by atoms with Crippen LogP contribution < -0.4 is 5.32 Å². The standard InChI is InChI=1S/C19H22N2O2S2/c1-15-7-9-17(10-8-15)20-19(24)21(13-16-5-3-2-4-6-16)18-11-12-25(22,23)14-18/h2-10,18H,11-14H2,1H3,(H,20,24)/t18-/m0/s1. The third-order valence-electron chi connectivity index (χ3n) is 4.41. The molecular formula is C19H22N2O2S2. The van der Waals surface area contributed by atoms with Crippen LogP contribution >= 0.6 is 12.2 Å². The van der Waals surface area contributed by atoms with Gasteiger partial charge in [-0.15, -0.1) is 0 Å². The number of nitrogens with zero attached hydrogens (tertiary/aromatic N) is 1. The van der Waals surface area contributed by atoms with Crippen molar-refractivity contribution in [2.75, 3.05) is 16.8 Å². The van der Waals surface area contributed by atoms with E-state index in [0.717, 1.165) is 11.3 Å². The van der Waals surface area contributed by atoms with Crippen molar-refractivity contribution in [3.05, 3.63) is 65.7 Å². The molecule has 1 saturated heterocycles. The molecule has 0 bridgehead atoms. The molecule has 2 aromatic carbocycles. The zero-order valence-corrected chi connectivity index (χ0v) is 15.8. The van der Waals surface area contributed by atoms with Gasteiger partial charge in [-0.25, -0.2) is 8.42 Å². The Morgan fingerprint density at radius 1 is 1.16 bits per heavy atom. The Morgan fingerprint density at radius 2 is 1.84 bits per heavy atom. The SMILES string of the molecule is Cc1ccc(NC(=S)N(Cc2ccccc2)[C@H]2CCS(=O)(=O)C2)cc1. The Kier molecular flexibility index (Phi) is 5.39. The van der Waals surface area contributed by atoms with Crippen molar-refractivity contribution >= 4 is 32.9 Å². The number of sulfone groups is 1. The van der Waals surface area contributed by atoms with Gasteiger partial charge >= 0.3 is 0 Å². The summed E-state index contributed by atoms with van der Waals surface area (Å²) in [5.41, 5.74) is 3.20. The molecular weight excluding hydrogens is 352 g/mol. The molecule has 0 aromatic heterocycles. The van der Waals surface area contributed by atoms with Gasteiger partial charge in [0.2, 0.25) is 0 Å². The monoisotopic (exact) mass is 374 g/mol. The van der Waals surface area contributed by atoms with E-state index < -0.39 is 9.84 Å². The first-order chi connectivity index (χ1) is 11.9. The topological polar surface area (TPSA) is 49.4 Å².